The summed E-state index contributed by atoms with van der Waals surface area (Å²) in [7, 11) is 0. The highest BCUT2D eigenvalue weighted by Crippen LogP contribution is 2.40. The molecule has 0 aliphatic carbocycles. The lowest BCUT2D eigenvalue weighted by Crippen LogP contribution is -2.01. The van der Waals surface area contributed by atoms with Gasteiger partial charge in [0.1, 0.15) is 0 Å². The maximum absolute atomic E-state index is 5.04. The molecule has 290 valence electrons. The summed E-state index contributed by atoms with van der Waals surface area (Å²) in [6.45, 7) is 0. The molecule has 0 atom stereocenters. The van der Waals surface area contributed by atoms with Gasteiger partial charge in [-0.2, -0.15) is 0 Å². The van der Waals surface area contributed by atoms with E-state index in [9.17, 15) is 0 Å². The smallest absolute Gasteiger partial charge is 0.164 e. The van der Waals surface area contributed by atoms with E-state index >= 15 is 0 Å². The van der Waals surface area contributed by atoms with E-state index in [2.05, 4.69) is 173 Å². The Kier molecular flexibility index (Phi) is 8.42. The fourth-order valence-electron chi connectivity index (χ4n) is 9.09. The van der Waals surface area contributed by atoms with Crippen LogP contribution in [0.1, 0.15) is 0 Å². The molecular weight excluding hydrogens is 755 g/mol. The minimum atomic E-state index is 0.628. The van der Waals surface area contributed by atoms with Crippen LogP contribution >= 0.6 is 0 Å². The number of fused-ring (bicyclic) bond motifs is 6. The lowest BCUT2D eigenvalue weighted by atomic mass is 10.0. The summed E-state index contributed by atoms with van der Waals surface area (Å²) < 4.78 is 4.78. The van der Waals surface area contributed by atoms with E-state index in [4.69, 9.17) is 15.0 Å². The summed E-state index contributed by atoms with van der Waals surface area (Å²) in [4.78, 5) is 15.0. The summed E-state index contributed by atoms with van der Waals surface area (Å²) in [6, 6.07) is 79.4. The maximum atomic E-state index is 5.04. The molecule has 0 unspecified atom stereocenters. The van der Waals surface area contributed by atoms with Crippen LogP contribution in [0.3, 0.4) is 0 Å². The highest BCUT2D eigenvalue weighted by Gasteiger charge is 2.19. The first-order valence-corrected chi connectivity index (χ1v) is 20.9. The molecule has 3 aromatic heterocycles. The van der Waals surface area contributed by atoms with E-state index in [1.54, 1.807) is 0 Å². The van der Waals surface area contributed by atoms with E-state index in [0.717, 1.165) is 33.4 Å². The van der Waals surface area contributed by atoms with Crippen LogP contribution in [0.4, 0.5) is 0 Å². The van der Waals surface area contributed by atoms with Gasteiger partial charge < -0.3 is 9.13 Å². The van der Waals surface area contributed by atoms with Crippen molar-refractivity contribution in [3.8, 4) is 67.8 Å². The van der Waals surface area contributed by atoms with E-state index < -0.39 is 0 Å². The van der Waals surface area contributed by atoms with Crippen molar-refractivity contribution in [2.75, 3.05) is 0 Å². The monoisotopic (exact) mass is 791 g/mol. The number of para-hydroxylation sites is 3. The Hall–Kier alpha value is -8.41. The standard InChI is InChI=1S/C57H37N5/c1-4-17-38(18-5-1)45-25-10-13-28-50(45)62-52-30-15-12-27-47(52)49-37-42(32-34-54(49)62)41-31-33-53-48(36-41)46-26-11-14-29-51(46)61(53)44-24-16-23-43(35-44)57-59-55(39-19-6-2-7-20-39)58-56(60-57)40-21-8-3-9-22-40/h1-37H. The van der Waals surface area contributed by atoms with Crippen molar-refractivity contribution >= 4 is 43.6 Å². The fraction of sp³-hybridized carbons (Fsp3) is 0. The maximum Gasteiger partial charge on any atom is 0.164 e. The number of benzene rings is 9. The molecule has 5 heteroatoms. The van der Waals surface area contributed by atoms with Gasteiger partial charge in [0, 0.05) is 49.5 Å². The Morgan fingerprint density at radius 2 is 0.694 bits per heavy atom. The third-order valence-electron chi connectivity index (χ3n) is 12.0. The second kappa shape index (κ2) is 14.7. The number of nitrogens with zero attached hydrogens (tertiary/aromatic N) is 5. The zero-order valence-electron chi connectivity index (χ0n) is 33.6. The first-order chi connectivity index (χ1) is 30.7. The first kappa shape index (κ1) is 35.5. The average Bonchev–Trinajstić information content (AvgIpc) is 3.87. The summed E-state index contributed by atoms with van der Waals surface area (Å²) in [6.07, 6.45) is 0. The SMILES string of the molecule is c1ccc(-c2nc(-c3ccccc3)nc(-c3cccc(-n4c5ccccc5c5cc(-c6ccc7c(c6)c6ccccc6n7-c6ccccc6-c6ccccc6)ccc54)c3)n2)cc1. The van der Waals surface area contributed by atoms with Crippen molar-refractivity contribution < 1.29 is 0 Å². The molecule has 0 amide bonds. The molecule has 0 aliphatic rings. The molecule has 0 radical (unpaired) electrons. The Morgan fingerprint density at radius 1 is 0.258 bits per heavy atom. The summed E-state index contributed by atoms with van der Waals surface area (Å²) in [5, 5.41) is 4.85. The quantitative estimate of drug-likeness (QED) is 0.162. The van der Waals surface area contributed by atoms with Crippen molar-refractivity contribution in [3.05, 3.63) is 224 Å². The van der Waals surface area contributed by atoms with Crippen LogP contribution in [0.5, 0.6) is 0 Å². The molecule has 0 N–H and O–H groups in total. The molecule has 0 bridgehead atoms. The first-order valence-electron chi connectivity index (χ1n) is 20.9. The number of hydrogen-bond acceptors (Lipinski definition) is 3. The molecule has 0 saturated carbocycles. The van der Waals surface area contributed by atoms with Crippen molar-refractivity contribution in [1.82, 2.24) is 24.1 Å². The molecule has 0 spiro atoms. The summed E-state index contributed by atoms with van der Waals surface area (Å²) >= 11 is 0. The third-order valence-corrected chi connectivity index (χ3v) is 12.0. The van der Waals surface area contributed by atoms with Gasteiger partial charge in [-0.25, -0.2) is 15.0 Å². The van der Waals surface area contributed by atoms with Gasteiger partial charge in [-0.05, 0) is 71.3 Å². The van der Waals surface area contributed by atoms with Gasteiger partial charge >= 0.3 is 0 Å². The minimum absolute atomic E-state index is 0.628. The Bertz CT molecular complexity index is 3570. The van der Waals surface area contributed by atoms with Gasteiger partial charge in [0.2, 0.25) is 0 Å². The van der Waals surface area contributed by atoms with E-state index in [1.165, 1.54) is 60.5 Å². The van der Waals surface area contributed by atoms with E-state index in [-0.39, 0.29) is 0 Å². The normalized spacial score (nSPS) is 11.5. The van der Waals surface area contributed by atoms with Crippen molar-refractivity contribution in [2.24, 2.45) is 0 Å². The molecule has 12 rings (SSSR count). The Morgan fingerprint density at radius 3 is 1.29 bits per heavy atom. The second-order valence-electron chi connectivity index (χ2n) is 15.6. The van der Waals surface area contributed by atoms with Crippen LogP contribution < -0.4 is 0 Å². The van der Waals surface area contributed by atoms with Gasteiger partial charge in [0.25, 0.3) is 0 Å². The van der Waals surface area contributed by atoms with Gasteiger partial charge in [0.15, 0.2) is 17.5 Å². The molecule has 12 aromatic rings. The summed E-state index contributed by atoms with van der Waals surface area (Å²) in [5.74, 6) is 1.91. The lowest BCUT2D eigenvalue weighted by molar-refractivity contribution is 1.07. The minimum Gasteiger partial charge on any atom is -0.309 e. The molecule has 62 heavy (non-hydrogen) atoms. The zero-order chi connectivity index (χ0) is 41.0. The highest BCUT2D eigenvalue weighted by molar-refractivity contribution is 6.13. The average molecular weight is 792 g/mol. The van der Waals surface area contributed by atoms with Gasteiger partial charge in [0.05, 0.1) is 27.8 Å². The highest BCUT2D eigenvalue weighted by atomic mass is 15.0. The summed E-state index contributed by atoms with van der Waals surface area (Å²) in [5.41, 5.74) is 14.4. The third kappa shape index (κ3) is 5.98. The second-order valence-corrected chi connectivity index (χ2v) is 15.6. The molecule has 0 aliphatic heterocycles. The van der Waals surface area contributed by atoms with Crippen molar-refractivity contribution in [1.29, 1.82) is 0 Å². The van der Waals surface area contributed by atoms with Gasteiger partial charge in [-0.15, -0.1) is 0 Å². The fourth-order valence-corrected chi connectivity index (χ4v) is 9.09. The molecule has 0 fully saturated rings. The van der Waals surface area contributed by atoms with Crippen LogP contribution in [-0.2, 0) is 0 Å². The molecule has 5 nitrogen and oxygen atoms in total. The topological polar surface area (TPSA) is 48.5 Å². The Balaban J connectivity index is 0.983. The van der Waals surface area contributed by atoms with Crippen LogP contribution in [0.15, 0.2) is 224 Å². The van der Waals surface area contributed by atoms with Crippen LogP contribution in [0.25, 0.3) is 111 Å². The van der Waals surface area contributed by atoms with Gasteiger partial charge in [-0.1, -0.05) is 170 Å². The molecule has 0 saturated heterocycles. The largest absolute Gasteiger partial charge is 0.309 e. The predicted molar refractivity (Wildman–Crippen MR) is 256 cm³/mol. The predicted octanol–water partition coefficient (Wildman–Crippen LogP) is 14.4. The molecule has 3 heterocycles. The van der Waals surface area contributed by atoms with Crippen LogP contribution in [0.2, 0.25) is 0 Å². The van der Waals surface area contributed by atoms with Crippen molar-refractivity contribution in [3.63, 3.8) is 0 Å². The van der Waals surface area contributed by atoms with E-state index in [0.29, 0.717) is 17.5 Å². The van der Waals surface area contributed by atoms with Gasteiger partial charge in [-0.3, -0.25) is 0 Å². The van der Waals surface area contributed by atoms with Crippen molar-refractivity contribution in [2.45, 2.75) is 0 Å². The van der Waals surface area contributed by atoms with Crippen LogP contribution in [-0.4, -0.2) is 24.1 Å². The number of aromatic nitrogens is 5. The number of hydrogen-bond donors (Lipinski definition) is 0. The molecular formula is C57H37N5. The lowest BCUT2D eigenvalue weighted by Gasteiger charge is -2.14. The van der Waals surface area contributed by atoms with E-state index in [1.807, 2.05) is 60.7 Å². The molecule has 9 aromatic carbocycles. The number of rotatable bonds is 7. The van der Waals surface area contributed by atoms with Crippen LogP contribution in [0, 0.1) is 0 Å². The Labute approximate surface area is 358 Å². The zero-order valence-corrected chi connectivity index (χ0v) is 33.6.